The summed E-state index contributed by atoms with van der Waals surface area (Å²) in [6.07, 6.45) is 5.59. The number of benzene rings is 2. The van der Waals surface area contributed by atoms with Gasteiger partial charge in [0.1, 0.15) is 0 Å². The number of halogens is 2. The first kappa shape index (κ1) is 23.3. The molecule has 1 fully saturated rings. The molecule has 0 aliphatic carbocycles. The van der Waals surface area contributed by atoms with Crippen LogP contribution in [-0.2, 0) is 11.3 Å². The van der Waals surface area contributed by atoms with Crippen LogP contribution >= 0.6 is 11.8 Å². The minimum atomic E-state index is -0.826. The van der Waals surface area contributed by atoms with Crippen molar-refractivity contribution in [1.82, 2.24) is 20.2 Å². The van der Waals surface area contributed by atoms with Crippen molar-refractivity contribution < 1.29 is 13.6 Å². The molecule has 2 aromatic carbocycles. The minimum absolute atomic E-state index is 0.0477. The average molecular weight is 469 g/mol. The Hall–Kier alpha value is -2.84. The van der Waals surface area contributed by atoms with E-state index in [9.17, 15) is 13.6 Å². The molecule has 1 atom stereocenters. The highest BCUT2D eigenvalue weighted by Gasteiger charge is 2.21. The number of hydrogen-bond acceptors (Lipinski definition) is 5. The normalized spacial score (nSPS) is 16.5. The molecule has 0 spiro atoms. The molecule has 172 valence electrons. The fraction of sp³-hybridized carbons (Fsp3) is 0.320. The van der Waals surface area contributed by atoms with Gasteiger partial charge in [-0.2, -0.15) is 0 Å². The molecule has 3 aromatic rings. The maximum absolute atomic E-state index is 13.5. The second-order valence-electron chi connectivity index (χ2n) is 8.20. The van der Waals surface area contributed by atoms with E-state index in [0.29, 0.717) is 24.2 Å². The zero-order valence-corrected chi connectivity index (χ0v) is 19.0. The number of thioether (sulfide) groups is 1. The Morgan fingerprint density at radius 3 is 2.61 bits per heavy atom. The number of aromatic nitrogens is 2. The second kappa shape index (κ2) is 11.3. The van der Waals surface area contributed by atoms with Gasteiger partial charge in [0.2, 0.25) is 5.91 Å². The summed E-state index contributed by atoms with van der Waals surface area (Å²) in [6.45, 7) is 2.90. The van der Waals surface area contributed by atoms with Crippen molar-refractivity contribution in [3.05, 3.63) is 78.1 Å². The van der Waals surface area contributed by atoms with E-state index in [1.54, 1.807) is 18.5 Å². The van der Waals surface area contributed by atoms with Crippen LogP contribution in [0.25, 0.3) is 11.1 Å². The third-order valence-electron chi connectivity index (χ3n) is 5.65. The molecule has 33 heavy (non-hydrogen) atoms. The number of amides is 1. The lowest BCUT2D eigenvalue weighted by Crippen LogP contribution is -2.41. The van der Waals surface area contributed by atoms with Crippen molar-refractivity contribution in [3.63, 3.8) is 0 Å². The van der Waals surface area contributed by atoms with Crippen molar-refractivity contribution in [2.45, 2.75) is 24.5 Å². The summed E-state index contributed by atoms with van der Waals surface area (Å²) in [6, 6.07) is 14.0. The first-order valence-corrected chi connectivity index (χ1v) is 12.0. The molecule has 5 nitrogen and oxygen atoms in total. The summed E-state index contributed by atoms with van der Waals surface area (Å²) in [4.78, 5) is 23.2. The van der Waals surface area contributed by atoms with E-state index < -0.39 is 11.6 Å². The average Bonchev–Trinajstić information content (AvgIpc) is 2.85. The Bertz CT molecular complexity index is 1070. The number of rotatable bonds is 8. The van der Waals surface area contributed by atoms with Crippen molar-refractivity contribution in [2.75, 3.05) is 25.4 Å². The molecule has 1 unspecified atom stereocenters. The van der Waals surface area contributed by atoms with E-state index in [2.05, 4.69) is 20.2 Å². The number of carbonyl (C=O) groups is 1. The lowest BCUT2D eigenvalue weighted by Gasteiger charge is -2.32. The van der Waals surface area contributed by atoms with Gasteiger partial charge in [0.05, 0.1) is 5.75 Å². The van der Waals surface area contributed by atoms with Gasteiger partial charge in [-0.25, -0.2) is 18.7 Å². The maximum atomic E-state index is 13.5. The molecule has 0 saturated carbocycles. The largest absolute Gasteiger partial charge is 0.355 e. The van der Waals surface area contributed by atoms with Crippen LogP contribution in [0.1, 0.15) is 18.4 Å². The Morgan fingerprint density at radius 2 is 1.85 bits per heavy atom. The van der Waals surface area contributed by atoms with Crippen molar-refractivity contribution >= 4 is 17.7 Å². The molecule has 1 N–H and O–H groups in total. The Labute approximate surface area is 196 Å². The monoisotopic (exact) mass is 468 g/mol. The third-order valence-corrected chi connectivity index (χ3v) is 6.52. The number of nitrogens with one attached hydrogen (secondary N) is 1. The molecule has 4 rings (SSSR count). The van der Waals surface area contributed by atoms with Gasteiger partial charge in [-0.1, -0.05) is 48.2 Å². The third kappa shape index (κ3) is 6.82. The van der Waals surface area contributed by atoms with Gasteiger partial charge >= 0.3 is 0 Å². The smallest absolute Gasteiger partial charge is 0.230 e. The molecule has 1 saturated heterocycles. The Kier molecular flexibility index (Phi) is 8.01. The molecule has 2 heterocycles. The predicted octanol–water partition coefficient (Wildman–Crippen LogP) is 4.54. The zero-order chi connectivity index (χ0) is 23.0. The fourth-order valence-corrected chi connectivity index (χ4v) is 4.58. The van der Waals surface area contributed by atoms with Gasteiger partial charge < -0.3 is 5.32 Å². The van der Waals surface area contributed by atoms with Crippen LogP contribution < -0.4 is 5.32 Å². The zero-order valence-electron chi connectivity index (χ0n) is 18.2. The Morgan fingerprint density at radius 1 is 1.06 bits per heavy atom. The van der Waals surface area contributed by atoms with E-state index in [0.717, 1.165) is 42.6 Å². The second-order valence-corrected chi connectivity index (χ2v) is 9.15. The van der Waals surface area contributed by atoms with E-state index in [1.165, 1.54) is 23.9 Å². The van der Waals surface area contributed by atoms with Crippen LogP contribution in [0.3, 0.4) is 0 Å². The van der Waals surface area contributed by atoms with Crippen LogP contribution in [0, 0.1) is 17.6 Å². The highest BCUT2D eigenvalue weighted by atomic mass is 32.2. The first-order valence-electron chi connectivity index (χ1n) is 11.0. The summed E-state index contributed by atoms with van der Waals surface area (Å²) in [5.41, 5.74) is 2.75. The fourth-order valence-electron chi connectivity index (χ4n) is 3.97. The first-order chi connectivity index (χ1) is 16.1. The SMILES string of the molecule is O=C(CSc1ncc(-c2ccccc2)cn1)NCC1CCCN(Cc2ccc(F)c(F)c2)C1. The molecule has 1 aromatic heterocycles. The van der Waals surface area contributed by atoms with Crippen molar-refractivity contribution in [3.8, 4) is 11.1 Å². The van der Waals surface area contributed by atoms with E-state index in [1.807, 2.05) is 30.3 Å². The van der Waals surface area contributed by atoms with E-state index in [-0.39, 0.29) is 11.7 Å². The summed E-state index contributed by atoms with van der Waals surface area (Å²) in [7, 11) is 0. The van der Waals surface area contributed by atoms with Crippen molar-refractivity contribution in [2.24, 2.45) is 5.92 Å². The van der Waals surface area contributed by atoms with Gasteiger partial charge in [0, 0.05) is 37.6 Å². The van der Waals surface area contributed by atoms with Gasteiger partial charge in [0.15, 0.2) is 16.8 Å². The van der Waals surface area contributed by atoms with Crippen LogP contribution in [0.15, 0.2) is 66.1 Å². The topological polar surface area (TPSA) is 58.1 Å². The molecule has 0 radical (unpaired) electrons. The van der Waals surface area contributed by atoms with Crippen molar-refractivity contribution in [1.29, 1.82) is 0 Å². The minimum Gasteiger partial charge on any atom is -0.355 e. The highest BCUT2D eigenvalue weighted by Crippen LogP contribution is 2.21. The highest BCUT2D eigenvalue weighted by molar-refractivity contribution is 7.99. The van der Waals surface area contributed by atoms with Gasteiger partial charge in [-0.05, 0) is 48.6 Å². The van der Waals surface area contributed by atoms with Crippen LogP contribution in [-0.4, -0.2) is 46.2 Å². The van der Waals surface area contributed by atoms with Gasteiger partial charge in [-0.3, -0.25) is 9.69 Å². The number of nitrogens with zero attached hydrogens (tertiary/aromatic N) is 3. The summed E-state index contributed by atoms with van der Waals surface area (Å²) < 4.78 is 26.6. The molecule has 1 aliphatic heterocycles. The van der Waals surface area contributed by atoms with Crippen LogP contribution in [0.4, 0.5) is 8.78 Å². The number of piperidine rings is 1. The lowest BCUT2D eigenvalue weighted by molar-refractivity contribution is -0.118. The van der Waals surface area contributed by atoms with Gasteiger partial charge in [0.25, 0.3) is 0 Å². The van der Waals surface area contributed by atoms with Gasteiger partial charge in [-0.15, -0.1) is 0 Å². The quantitative estimate of drug-likeness (QED) is 0.389. The predicted molar refractivity (Wildman–Crippen MR) is 126 cm³/mol. The molecule has 0 bridgehead atoms. The maximum Gasteiger partial charge on any atom is 0.230 e. The number of likely N-dealkylation sites (tertiary alicyclic amines) is 1. The number of hydrogen-bond donors (Lipinski definition) is 1. The van der Waals surface area contributed by atoms with E-state index >= 15 is 0 Å². The van der Waals surface area contributed by atoms with Crippen LogP contribution in [0.2, 0.25) is 0 Å². The molecular formula is C25H26F2N4OS. The summed E-state index contributed by atoms with van der Waals surface area (Å²) in [5.74, 6) is -1.10. The lowest BCUT2D eigenvalue weighted by atomic mass is 9.97. The summed E-state index contributed by atoms with van der Waals surface area (Å²) >= 11 is 1.31. The molecule has 8 heteroatoms. The Balaban J connectivity index is 1.19. The van der Waals surface area contributed by atoms with Crippen LogP contribution in [0.5, 0.6) is 0 Å². The number of carbonyl (C=O) groups excluding carboxylic acids is 1. The molecule has 1 aliphatic rings. The van der Waals surface area contributed by atoms with E-state index in [4.69, 9.17) is 0 Å². The molecular weight excluding hydrogens is 442 g/mol. The molecule has 1 amide bonds. The summed E-state index contributed by atoms with van der Waals surface area (Å²) in [5, 5.41) is 3.58. The standard InChI is InChI=1S/C25H26F2N4OS/c26-22-9-8-18(11-23(22)27)15-31-10-4-5-19(16-31)12-28-24(32)17-33-25-29-13-21(14-30-25)20-6-2-1-3-7-20/h1-3,6-9,11,13-14,19H,4-5,10,12,15-17H2,(H,28,32).